The summed E-state index contributed by atoms with van der Waals surface area (Å²) in [6.07, 6.45) is 0.767. The van der Waals surface area contributed by atoms with Crippen molar-refractivity contribution in [3.05, 3.63) is 70.0 Å². The Hall–Kier alpha value is -2.64. The third kappa shape index (κ3) is 6.18. The predicted molar refractivity (Wildman–Crippen MR) is 126 cm³/mol. The van der Waals surface area contributed by atoms with Crippen LogP contribution in [0.3, 0.4) is 0 Å². The second-order valence-electron chi connectivity index (χ2n) is 7.39. The zero-order valence-corrected chi connectivity index (χ0v) is 19.1. The molecule has 0 aliphatic rings. The van der Waals surface area contributed by atoms with Gasteiger partial charge in [-0.05, 0) is 44.9 Å². The highest BCUT2D eigenvalue weighted by molar-refractivity contribution is 8.00. The van der Waals surface area contributed by atoms with Gasteiger partial charge in [0.05, 0.1) is 22.7 Å². The first-order chi connectivity index (χ1) is 15.0. The first-order valence-electron chi connectivity index (χ1n) is 10.6. The number of hydrogen-bond donors (Lipinski definition) is 1. The van der Waals surface area contributed by atoms with Gasteiger partial charge in [0.2, 0.25) is 5.91 Å². The van der Waals surface area contributed by atoms with E-state index in [1.54, 1.807) is 10.6 Å². The van der Waals surface area contributed by atoms with Gasteiger partial charge in [-0.1, -0.05) is 53.7 Å². The van der Waals surface area contributed by atoms with Crippen molar-refractivity contribution in [1.29, 1.82) is 0 Å². The van der Waals surface area contributed by atoms with Crippen LogP contribution in [0.1, 0.15) is 31.4 Å². The summed E-state index contributed by atoms with van der Waals surface area (Å²) in [5.74, 6) is -0.0780. The van der Waals surface area contributed by atoms with Crippen molar-refractivity contribution in [2.24, 2.45) is 0 Å². The molecule has 1 heterocycles. The minimum Gasteiger partial charge on any atom is -0.382 e. The van der Waals surface area contributed by atoms with Crippen molar-refractivity contribution < 1.29 is 9.53 Å². The minimum atomic E-state index is -0.385. The highest BCUT2D eigenvalue weighted by Gasteiger charge is 2.19. The molecule has 2 aromatic carbocycles. The van der Waals surface area contributed by atoms with Crippen LogP contribution in [0.2, 0.25) is 0 Å². The zero-order chi connectivity index (χ0) is 22.2. The average molecular weight is 440 g/mol. The summed E-state index contributed by atoms with van der Waals surface area (Å²) in [7, 11) is 0. The van der Waals surface area contributed by atoms with Gasteiger partial charge in [-0.15, -0.1) is 0 Å². The lowest BCUT2D eigenvalue weighted by Crippen LogP contribution is -2.33. The van der Waals surface area contributed by atoms with E-state index in [4.69, 9.17) is 9.72 Å². The van der Waals surface area contributed by atoms with Gasteiger partial charge in [0.15, 0.2) is 5.16 Å². The third-order valence-corrected chi connectivity index (χ3v) is 6.00. The Kier molecular flexibility index (Phi) is 8.26. The maximum Gasteiger partial charge on any atom is 0.262 e. The number of carbonyl (C=O) groups excluding carboxylic acids is 1. The number of carbonyl (C=O) groups is 1. The number of benzene rings is 2. The van der Waals surface area contributed by atoms with Crippen LogP contribution in [0.15, 0.2) is 58.5 Å². The fourth-order valence-electron chi connectivity index (χ4n) is 3.14. The van der Waals surface area contributed by atoms with Crippen molar-refractivity contribution >= 4 is 28.6 Å². The number of para-hydroxylation sites is 1. The molecular formula is C24H29N3O3S. The average Bonchev–Trinajstić information content (AvgIpc) is 2.77. The van der Waals surface area contributed by atoms with Gasteiger partial charge < -0.3 is 10.1 Å². The molecule has 164 valence electrons. The van der Waals surface area contributed by atoms with Gasteiger partial charge in [0.1, 0.15) is 0 Å². The van der Waals surface area contributed by atoms with Crippen LogP contribution >= 0.6 is 11.8 Å². The van der Waals surface area contributed by atoms with Gasteiger partial charge in [-0.2, -0.15) is 0 Å². The molecule has 0 fully saturated rings. The van der Waals surface area contributed by atoms with E-state index in [9.17, 15) is 9.59 Å². The lowest BCUT2D eigenvalue weighted by atomic mass is 10.1. The molecular weight excluding hydrogens is 410 g/mol. The number of amides is 1. The van der Waals surface area contributed by atoms with Gasteiger partial charge in [-0.3, -0.25) is 14.2 Å². The van der Waals surface area contributed by atoms with Crippen LogP contribution in [0.4, 0.5) is 0 Å². The number of nitrogens with zero attached hydrogens (tertiary/aromatic N) is 2. The fraction of sp³-hybridized carbons (Fsp3) is 0.375. The van der Waals surface area contributed by atoms with E-state index in [0.717, 1.165) is 17.5 Å². The smallest absolute Gasteiger partial charge is 0.262 e. The molecule has 1 amide bonds. The molecule has 1 unspecified atom stereocenters. The summed E-state index contributed by atoms with van der Waals surface area (Å²) >= 11 is 1.31. The van der Waals surface area contributed by atoms with E-state index in [2.05, 4.69) is 5.32 Å². The second kappa shape index (κ2) is 11.1. The Morgan fingerprint density at radius 3 is 2.68 bits per heavy atom. The van der Waals surface area contributed by atoms with Crippen LogP contribution in [-0.4, -0.2) is 40.5 Å². The highest BCUT2D eigenvalue weighted by atomic mass is 32.2. The summed E-state index contributed by atoms with van der Waals surface area (Å²) < 4.78 is 6.96. The Morgan fingerprint density at radius 2 is 1.94 bits per heavy atom. The normalized spacial score (nSPS) is 12.1. The molecule has 6 nitrogen and oxygen atoms in total. The molecule has 1 N–H and O–H groups in total. The van der Waals surface area contributed by atoms with Crippen LogP contribution in [0.5, 0.6) is 0 Å². The summed E-state index contributed by atoms with van der Waals surface area (Å²) in [6.45, 7) is 8.08. The van der Waals surface area contributed by atoms with Crippen molar-refractivity contribution in [3.8, 4) is 0 Å². The molecule has 1 aromatic heterocycles. The van der Waals surface area contributed by atoms with E-state index in [-0.39, 0.29) is 16.7 Å². The predicted octanol–water partition coefficient (Wildman–Crippen LogP) is 3.78. The number of hydrogen-bond acceptors (Lipinski definition) is 5. The van der Waals surface area contributed by atoms with E-state index in [0.29, 0.717) is 42.4 Å². The molecule has 0 saturated heterocycles. The molecule has 0 aliphatic heterocycles. The highest BCUT2D eigenvalue weighted by Crippen LogP contribution is 2.23. The van der Waals surface area contributed by atoms with Crippen molar-refractivity contribution in [2.75, 3.05) is 19.8 Å². The molecule has 7 heteroatoms. The molecule has 0 radical (unpaired) electrons. The van der Waals surface area contributed by atoms with Gasteiger partial charge in [0, 0.05) is 19.8 Å². The molecule has 0 spiro atoms. The van der Waals surface area contributed by atoms with Crippen molar-refractivity contribution in [3.63, 3.8) is 0 Å². The number of fused-ring (bicyclic) bond motifs is 1. The molecule has 0 saturated carbocycles. The fourth-order valence-corrected chi connectivity index (χ4v) is 4.07. The van der Waals surface area contributed by atoms with Crippen LogP contribution < -0.4 is 10.9 Å². The number of nitrogens with one attached hydrogen (secondary N) is 1. The van der Waals surface area contributed by atoms with Crippen molar-refractivity contribution in [1.82, 2.24) is 14.9 Å². The standard InChI is InChI=1S/C24H29N3O3S/c1-4-30-15-7-14-25-22(28)18(3)31-24-26-21-9-6-5-8-20(21)23(29)27(24)16-19-12-10-17(2)11-13-19/h5-6,8-13,18H,4,7,14-16H2,1-3H3,(H,25,28). The van der Waals surface area contributed by atoms with Crippen LogP contribution in [-0.2, 0) is 16.1 Å². The molecule has 3 rings (SSSR count). The van der Waals surface area contributed by atoms with E-state index < -0.39 is 0 Å². The summed E-state index contributed by atoms with van der Waals surface area (Å²) in [4.78, 5) is 30.5. The maximum atomic E-state index is 13.2. The quantitative estimate of drug-likeness (QED) is 0.296. The molecule has 1 atom stereocenters. The Balaban J connectivity index is 1.83. The molecule has 0 aliphatic carbocycles. The monoisotopic (exact) mass is 439 g/mol. The summed E-state index contributed by atoms with van der Waals surface area (Å²) in [5, 5.41) is 3.67. The first-order valence-corrected chi connectivity index (χ1v) is 11.4. The zero-order valence-electron chi connectivity index (χ0n) is 18.3. The van der Waals surface area contributed by atoms with Crippen LogP contribution in [0.25, 0.3) is 10.9 Å². The maximum absolute atomic E-state index is 13.2. The van der Waals surface area contributed by atoms with E-state index in [1.165, 1.54) is 11.8 Å². The summed E-state index contributed by atoms with van der Waals surface area (Å²) in [5.41, 5.74) is 2.72. The number of rotatable bonds is 10. The number of aryl methyl sites for hydroxylation is 1. The Morgan fingerprint density at radius 1 is 1.19 bits per heavy atom. The Bertz CT molecular complexity index is 1080. The van der Waals surface area contributed by atoms with E-state index >= 15 is 0 Å². The minimum absolute atomic E-state index is 0.0780. The SMILES string of the molecule is CCOCCCNC(=O)C(C)Sc1nc2ccccc2c(=O)n1Cc1ccc(C)cc1. The first kappa shape index (κ1) is 23.0. The van der Waals surface area contributed by atoms with E-state index in [1.807, 2.05) is 63.2 Å². The Labute approximate surface area is 187 Å². The van der Waals surface area contributed by atoms with Gasteiger partial charge in [0.25, 0.3) is 5.56 Å². The molecule has 0 bridgehead atoms. The molecule has 3 aromatic rings. The van der Waals surface area contributed by atoms with Crippen molar-refractivity contribution in [2.45, 2.75) is 44.1 Å². The lowest BCUT2D eigenvalue weighted by Gasteiger charge is -2.16. The van der Waals surface area contributed by atoms with Gasteiger partial charge >= 0.3 is 0 Å². The third-order valence-electron chi connectivity index (χ3n) is 4.91. The lowest BCUT2D eigenvalue weighted by molar-refractivity contribution is -0.120. The van der Waals surface area contributed by atoms with Gasteiger partial charge in [-0.25, -0.2) is 4.98 Å². The summed E-state index contributed by atoms with van der Waals surface area (Å²) in [6, 6.07) is 15.4. The number of thioether (sulfide) groups is 1. The topological polar surface area (TPSA) is 73.2 Å². The number of aromatic nitrogens is 2. The second-order valence-corrected chi connectivity index (χ2v) is 8.70. The molecule has 31 heavy (non-hydrogen) atoms. The van der Waals surface area contributed by atoms with Crippen LogP contribution in [0, 0.1) is 6.92 Å². The largest absolute Gasteiger partial charge is 0.382 e. The number of ether oxygens (including phenoxy) is 1.